The van der Waals surface area contributed by atoms with Gasteiger partial charge in [0.05, 0.1) is 25.0 Å². The highest BCUT2D eigenvalue weighted by Crippen LogP contribution is 2.29. The molecule has 156 valence electrons. The molecule has 0 bridgehead atoms. The first-order chi connectivity index (χ1) is 14.6. The number of benzene rings is 2. The summed E-state index contributed by atoms with van der Waals surface area (Å²) in [5.74, 6) is 7.55. The van der Waals surface area contributed by atoms with E-state index in [0.717, 1.165) is 18.4 Å². The van der Waals surface area contributed by atoms with E-state index in [2.05, 4.69) is 16.1 Å². The van der Waals surface area contributed by atoms with Crippen LogP contribution in [-0.4, -0.2) is 25.6 Å². The summed E-state index contributed by atoms with van der Waals surface area (Å²) in [6.45, 7) is 0.514. The first-order valence-electron chi connectivity index (χ1n) is 9.32. The largest absolute Gasteiger partial charge is 0.493 e. The zero-order chi connectivity index (χ0) is 21.8. The Morgan fingerprint density at radius 2 is 1.97 bits per heavy atom. The molecule has 0 aliphatic carbocycles. The summed E-state index contributed by atoms with van der Waals surface area (Å²) < 4.78 is 11.1. The predicted octanol–water partition coefficient (Wildman–Crippen LogP) is 3.56. The van der Waals surface area contributed by atoms with Gasteiger partial charge in [0.15, 0.2) is 11.5 Å². The van der Waals surface area contributed by atoms with Crippen LogP contribution in [0.3, 0.4) is 0 Å². The van der Waals surface area contributed by atoms with Crippen LogP contribution < -0.4 is 20.7 Å². The number of methoxy groups -OCH3 is 1. The van der Waals surface area contributed by atoms with Crippen LogP contribution in [0.5, 0.6) is 11.5 Å². The quantitative estimate of drug-likeness (QED) is 0.270. The molecule has 0 spiro atoms. The highest BCUT2D eigenvalue weighted by Gasteiger charge is 2.12. The molecule has 30 heavy (non-hydrogen) atoms. The number of amides is 1. The molecule has 0 aromatic heterocycles. The lowest BCUT2D eigenvalue weighted by atomic mass is 10.1. The van der Waals surface area contributed by atoms with Crippen LogP contribution >= 0.6 is 0 Å². The Morgan fingerprint density at radius 1 is 1.17 bits per heavy atom. The van der Waals surface area contributed by atoms with Gasteiger partial charge in [-0.2, -0.15) is 5.90 Å². The van der Waals surface area contributed by atoms with Gasteiger partial charge in [-0.15, -0.1) is 12.3 Å². The SMILES string of the molecule is C#CCCCCOc1cc(/C=C/C(=O)Nc2ccccc2C(=O)ON)ccc1OC. The maximum atomic E-state index is 12.3. The Kier molecular flexibility index (Phi) is 8.97. The summed E-state index contributed by atoms with van der Waals surface area (Å²) >= 11 is 0. The third-order valence-electron chi connectivity index (χ3n) is 4.10. The molecule has 0 unspecified atom stereocenters. The number of ether oxygens (including phenoxy) is 2. The molecule has 1 amide bonds. The van der Waals surface area contributed by atoms with Crippen molar-refractivity contribution in [2.75, 3.05) is 19.0 Å². The lowest BCUT2D eigenvalue weighted by Crippen LogP contribution is -2.15. The van der Waals surface area contributed by atoms with Crippen molar-refractivity contribution in [1.29, 1.82) is 0 Å². The zero-order valence-corrected chi connectivity index (χ0v) is 16.7. The number of para-hydroxylation sites is 1. The number of unbranched alkanes of at least 4 members (excludes halogenated alkanes) is 2. The average molecular weight is 408 g/mol. The van der Waals surface area contributed by atoms with Crippen LogP contribution in [-0.2, 0) is 9.63 Å². The minimum Gasteiger partial charge on any atom is -0.493 e. The van der Waals surface area contributed by atoms with Crippen molar-refractivity contribution in [2.24, 2.45) is 5.90 Å². The smallest absolute Gasteiger partial charge is 0.358 e. The van der Waals surface area contributed by atoms with Crippen LogP contribution in [0.4, 0.5) is 5.69 Å². The van der Waals surface area contributed by atoms with E-state index in [4.69, 9.17) is 21.8 Å². The molecule has 2 rings (SSSR count). The van der Waals surface area contributed by atoms with Gasteiger partial charge < -0.3 is 19.6 Å². The fourth-order valence-electron chi connectivity index (χ4n) is 2.60. The Hall–Kier alpha value is -3.76. The Balaban J connectivity index is 2.05. The summed E-state index contributed by atoms with van der Waals surface area (Å²) in [6, 6.07) is 11.8. The molecule has 0 aliphatic heterocycles. The Bertz CT molecular complexity index is 947. The van der Waals surface area contributed by atoms with Crippen molar-refractivity contribution >= 4 is 23.6 Å². The highest BCUT2D eigenvalue weighted by atomic mass is 16.7. The van der Waals surface area contributed by atoms with Crippen molar-refractivity contribution < 1.29 is 23.9 Å². The van der Waals surface area contributed by atoms with Crippen LogP contribution in [0.2, 0.25) is 0 Å². The fraction of sp³-hybridized carbons (Fsp3) is 0.217. The van der Waals surface area contributed by atoms with E-state index in [0.29, 0.717) is 30.2 Å². The number of anilines is 1. The minimum atomic E-state index is -0.742. The highest BCUT2D eigenvalue weighted by molar-refractivity contribution is 6.06. The third kappa shape index (κ3) is 6.69. The first kappa shape index (κ1) is 22.5. The maximum absolute atomic E-state index is 12.3. The van der Waals surface area contributed by atoms with Crippen molar-refractivity contribution in [3.05, 3.63) is 59.7 Å². The molecule has 0 fully saturated rings. The van der Waals surface area contributed by atoms with E-state index in [1.807, 2.05) is 0 Å². The Labute approximate surface area is 175 Å². The number of carbonyl (C=O) groups excluding carboxylic acids is 2. The minimum absolute atomic E-state index is 0.159. The van der Waals surface area contributed by atoms with Crippen molar-refractivity contribution in [1.82, 2.24) is 0 Å². The van der Waals surface area contributed by atoms with E-state index in [-0.39, 0.29) is 5.56 Å². The summed E-state index contributed by atoms with van der Waals surface area (Å²) in [7, 11) is 1.56. The van der Waals surface area contributed by atoms with Crippen LogP contribution in [0, 0.1) is 12.3 Å². The number of rotatable bonds is 10. The van der Waals surface area contributed by atoms with Crippen molar-refractivity contribution in [3.63, 3.8) is 0 Å². The van der Waals surface area contributed by atoms with Gasteiger partial charge in [-0.3, -0.25) is 4.79 Å². The molecule has 7 heteroatoms. The lowest BCUT2D eigenvalue weighted by molar-refractivity contribution is -0.111. The summed E-state index contributed by atoms with van der Waals surface area (Å²) in [4.78, 5) is 28.2. The molecular formula is C23H24N2O5. The van der Waals surface area contributed by atoms with Crippen molar-refractivity contribution in [2.45, 2.75) is 19.3 Å². The van der Waals surface area contributed by atoms with Gasteiger partial charge in [0.2, 0.25) is 5.91 Å². The summed E-state index contributed by atoms with van der Waals surface area (Å²) in [5, 5.41) is 2.63. The Morgan fingerprint density at radius 3 is 2.70 bits per heavy atom. The van der Waals surface area contributed by atoms with Gasteiger partial charge >= 0.3 is 5.97 Å². The number of hydrogen-bond donors (Lipinski definition) is 2. The second-order valence-corrected chi connectivity index (χ2v) is 6.19. The third-order valence-corrected chi connectivity index (χ3v) is 4.10. The van der Waals surface area contributed by atoms with E-state index < -0.39 is 11.9 Å². The maximum Gasteiger partial charge on any atom is 0.358 e. The molecule has 0 radical (unpaired) electrons. The normalized spacial score (nSPS) is 10.3. The summed E-state index contributed by atoms with van der Waals surface area (Å²) in [5.41, 5.74) is 1.21. The molecule has 0 saturated carbocycles. The molecule has 2 aromatic rings. The number of carbonyl (C=O) groups is 2. The molecule has 0 atom stereocenters. The second-order valence-electron chi connectivity index (χ2n) is 6.19. The van der Waals surface area contributed by atoms with Gasteiger partial charge in [0.25, 0.3) is 0 Å². The number of nitrogens with two attached hydrogens (primary N) is 1. The van der Waals surface area contributed by atoms with Crippen molar-refractivity contribution in [3.8, 4) is 23.8 Å². The first-order valence-corrected chi connectivity index (χ1v) is 9.32. The molecule has 0 saturated heterocycles. The van der Waals surface area contributed by atoms with Crippen LogP contribution in [0.1, 0.15) is 35.2 Å². The van der Waals surface area contributed by atoms with Gasteiger partial charge in [-0.25, -0.2) is 4.79 Å². The molecular weight excluding hydrogens is 384 g/mol. The lowest BCUT2D eigenvalue weighted by Gasteiger charge is -2.11. The van der Waals surface area contributed by atoms with E-state index in [1.54, 1.807) is 49.6 Å². The van der Waals surface area contributed by atoms with E-state index >= 15 is 0 Å². The molecule has 3 N–H and O–H groups in total. The molecule has 0 heterocycles. The standard InChI is InChI=1S/C23H24N2O5/c1-3-4-5-8-15-29-21-16-17(11-13-20(21)28-2)12-14-22(26)25-19-10-7-6-9-18(19)23(27)30-24/h1,6-7,9-14,16H,4-5,8,15,24H2,2H3,(H,25,26)/b14-12+. The van der Waals surface area contributed by atoms with E-state index in [1.165, 1.54) is 12.1 Å². The van der Waals surface area contributed by atoms with Gasteiger partial charge in [0.1, 0.15) is 0 Å². The predicted molar refractivity (Wildman–Crippen MR) is 115 cm³/mol. The molecule has 0 aliphatic rings. The van der Waals surface area contributed by atoms with Gasteiger partial charge in [-0.1, -0.05) is 18.2 Å². The molecule has 7 nitrogen and oxygen atoms in total. The van der Waals surface area contributed by atoms with Gasteiger partial charge in [-0.05, 0) is 48.7 Å². The molecule has 2 aromatic carbocycles. The van der Waals surface area contributed by atoms with Crippen LogP contribution in [0.15, 0.2) is 48.5 Å². The summed E-state index contributed by atoms with van der Waals surface area (Å²) in [6.07, 6.45) is 10.7. The van der Waals surface area contributed by atoms with Crippen LogP contribution in [0.25, 0.3) is 6.08 Å². The van der Waals surface area contributed by atoms with E-state index in [9.17, 15) is 9.59 Å². The monoisotopic (exact) mass is 408 g/mol. The second kappa shape index (κ2) is 11.9. The topological polar surface area (TPSA) is 99.9 Å². The number of nitrogens with one attached hydrogen (secondary N) is 1. The average Bonchev–Trinajstić information content (AvgIpc) is 2.77. The van der Waals surface area contributed by atoms with Gasteiger partial charge in [0, 0.05) is 12.5 Å². The number of terminal acetylenes is 1. The zero-order valence-electron chi connectivity index (χ0n) is 16.7. The number of hydrogen-bond acceptors (Lipinski definition) is 6. The fourth-order valence-corrected chi connectivity index (χ4v) is 2.60.